The van der Waals surface area contributed by atoms with E-state index in [1.165, 1.54) is 6.07 Å². The van der Waals surface area contributed by atoms with Crippen molar-refractivity contribution >= 4 is 17.2 Å². The number of alkyl halides is 3. The summed E-state index contributed by atoms with van der Waals surface area (Å²) in [6, 6.07) is 1.38. The van der Waals surface area contributed by atoms with Crippen LogP contribution in [0, 0.1) is 0 Å². The minimum absolute atomic E-state index is 0.328. The highest BCUT2D eigenvalue weighted by molar-refractivity contribution is 7.81. The van der Waals surface area contributed by atoms with Gasteiger partial charge in [0.05, 0.1) is 5.69 Å². The average Bonchev–Trinajstić information content (AvgIpc) is 3.14. The molecule has 3 rings (SSSR count). The predicted molar refractivity (Wildman–Crippen MR) is 85.8 cm³/mol. The van der Waals surface area contributed by atoms with Gasteiger partial charge in [-0.2, -0.15) is 13.2 Å². The number of likely N-dealkylation sites (tertiary alicyclic amines) is 1. The van der Waals surface area contributed by atoms with Gasteiger partial charge in [0.1, 0.15) is 5.60 Å². The number of amides is 1. The highest BCUT2D eigenvalue weighted by atomic mass is 32.2. The number of nitrogens with zero attached hydrogens (tertiary/aromatic N) is 3. The van der Waals surface area contributed by atoms with Crippen molar-refractivity contribution in [1.29, 1.82) is 0 Å². The molecule has 146 valence electrons. The average molecular weight is 395 g/mol. The zero-order valence-corrected chi connectivity index (χ0v) is 15.4. The van der Waals surface area contributed by atoms with Gasteiger partial charge in [-0.25, -0.2) is 9.00 Å². The summed E-state index contributed by atoms with van der Waals surface area (Å²) in [6.07, 6.45) is 0.957. The zero-order valence-electron chi connectivity index (χ0n) is 14.6. The first-order chi connectivity index (χ1) is 11.9. The van der Waals surface area contributed by atoms with Gasteiger partial charge in [-0.1, -0.05) is 0 Å². The SMILES string of the molecule is CC(C)(C)OC(=O)N1CCC2(CCn3nc(OS(=O)C(F)(F)F)cc32)C1. The third-order valence-corrected chi connectivity index (χ3v) is 5.16. The van der Waals surface area contributed by atoms with Crippen LogP contribution in [0.15, 0.2) is 6.07 Å². The van der Waals surface area contributed by atoms with Gasteiger partial charge in [-0.15, -0.1) is 5.10 Å². The van der Waals surface area contributed by atoms with Gasteiger partial charge in [0, 0.05) is 31.1 Å². The number of hydrogen-bond donors (Lipinski definition) is 0. The molecular formula is C15H20F3N3O4S. The smallest absolute Gasteiger partial charge is 0.444 e. The van der Waals surface area contributed by atoms with Crippen LogP contribution >= 0.6 is 0 Å². The molecule has 0 aliphatic carbocycles. The molecule has 2 aliphatic rings. The lowest BCUT2D eigenvalue weighted by molar-refractivity contribution is -0.0439. The van der Waals surface area contributed by atoms with Gasteiger partial charge in [0.15, 0.2) is 0 Å². The summed E-state index contributed by atoms with van der Waals surface area (Å²) in [5, 5.41) is 3.96. The maximum atomic E-state index is 12.4. The van der Waals surface area contributed by atoms with Crippen molar-refractivity contribution in [1.82, 2.24) is 14.7 Å². The number of halogens is 3. The Hall–Kier alpha value is -1.78. The van der Waals surface area contributed by atoms with Gasteiger partial charge in [0.2, 0.25) is 5.88 Å². The maximum Gasteiger partial charge on any atom is 0.508 e. The van der Waals surface area contributed by atoms with E-state index in [0.29, 0.717) is 31.7 Å². The third-order valence-electron chi connectivity index (χ3n) is 4.46. The van der Waals surface area contributed by atoms with E-state index < -0.39 is 33.7 Å². The zero-order chi connectivity index (χ0) is 19.3. The van der Waals surface area contributed by atoms with Gasteiger partial charge in [-0.05, 0) is 33.6 Å². The second kappa shape index (κ2) is 6.14. The van der Waals surface area contributed by atoms with E-state index in [2.05, 4.69) is 9.28 Å². The number of hydrogen-bond acceptors (Lipinski definition) is 5. The Kier molecular flexibility index (Phi) is 4.48. The number of carbonyl (C=O) groups is 1. The number of fused-ring (bicyclic) bond motifs is 2. The van der Waals surface area contributed by atoms with Gasteiger partial charge >= 0.3 is 22.7 Å². The maximum absolute atomic E-state index is 12.4. The molecule has 0 aromatic carbocycles. The van der Waals surface area contributed by atoms with Crippen LogP contribution in [0.3, 0.4) is 0 Å². The van der Waals surface area contributed by atoms with E-state index in [9.17, 15) is 22.2 Å². The molecule has 2 aliphatic heterocycles. The Balaban J connectivity index is 1.74. The second-order valence-electron chi connectivity index (χ2n) is 7.54. The monoisotopic (exact) mass is 395 g/mol. The molecule has 1 saturated heterocycles. The molecule has 0 radical (unpaired) electrons. The summed E-state index contributed by atoms with van der Waals surface area (Å²) in [5.74, 6) is -0.328. The van der Waals surface area contributed by atoms with Crippen LogP contribution < -0.4 is 4.18 Å². The third kappa shape index (κ3) is 3.67. The lowest BCUT2D eigenvalue weighted by Gasteiger charge is -2.26. The molecule has 11 heteroatoms. The number of rotatable bonds is 2. The molecule has 1 aromatic heterocycles. The number of carbonyl (C=O) groups excluding carboxylic acids is 1. The van der Waals surface area contributed by atoms with Crippen molar-refractivity contribution in [2.75, 3.05) is 13.1 Å². The van der Waals surface area contributed by atoms with Crippen molar-refractivity contribution in [3.8, 4) is 5.88 Å². The van der Waals surface area contributed by atoms with Crippen LogP contribution in [0.1, 0.15) is 39.3 Å². The fraction of sp³-hybridized carbons (Fsp3) is 0.733. The van der Waals surface area contributed by atoms with Crippen LogP contribution in [0.2, 0.25) is 0 Å². The quantitative estimate of drug-likeness (QED) is 0.770. The Bertz CT molecular complexity index is 743. The Morgan fingerprint density at radius 1 is 1.27 bits per heavy atom. The minimum atomic E-state index is -4.97. The molecular weight excluding hydrogens is 375 g/mol. The molecule has 0 bridgehead atoms. The van der Waals surface area contributed by atoms with Crippen LogP contribution in [-0.4, -0.2) is 49.2 Å². The summed E-state index contributed by atoms with van der Waals surface area (Å²) in [7, 11) is 0. The van der Waals surface area contributed by atoms with E-state index in [1.54, 1.807) is 30.4 Å². The van der Waals surface area contributed by atoms with E-state index in [-0.39, 0.29) is 5.88 Å². The van der Waals surface area contributed by atoms with Crippen LogP contribution in [0.5, 0.6) is 5.88 Å². The first-order valence-corrected chi connectivity index (χ1v) is 9.20. The van der Waals surface area contributed by atoms with Crippen molar-refractivity contribution in [3.63, 3.8) is 0 Å². The number of aryl methyl sites for hydroxylation is 1. The van der Waals surface area contributed by atoms with Crippen LogP contribution in [-0.2, 0) is 27.8 Å². The molecule has 0 saturated carbocycles. The molecule has 2 atom stereocenters. The molecule has 1 spiro atoms. The second-order valence-corrected chi connectivity index (χ2v) is 8.64. The lowest BCUT2D eigenvalue weighted by Crippen LogP contribution is -2.37. The molecule has 0 N–H and O–H groups in total. The number of ether oxygens (including phenoxy) is 1. The topological polar surface area (TPSA) is 73.7 Å². The van der Waals surface area contributed by atoms with E-state index in [1.807, 2.05) is 0 Å². The lowest BCUT2D eigenvalue weighted by atomic mass is 9.83. The fourth-order valence-corrected chi connectivity index (χ4v) is 3.70. The Morgan fingerprint density at radius 2 is 1.92 bits per heavy atom. The van der Waals surface area contributed by atoms with Gasteiger partial charge in [0.25, 0.3) is 0 Å². The summed E-state index contributed by atoms with van der Waals surface area (Å²) < 4.78 is 59.6. The first kappa shape index (κ1) is 19.0. The molecule has 1 amide bonds. The molecule has 2 unspecified atom stereocenters. The summed E-state index contributed by atoms with van der Waals surface area (Å²) >= 11 is -3.46. The summed E-state index contributed by atoms with van der Waals surface area (Å²) in [4.78, 5) is 13.9. The molecule has 1 fully saturated rings. The standard InChI is InChI=1S/C15H20F3N3O4S/c1-13(2,3)24-12(22)20-6-4-14(9-20)5-7-21-10(14)8-11(19-21)25-26(23)15(16,17)18/h8H,4-7,9H2,1-3H3. The minimum Gasteiger partial charge on any atom is -0.444 e. The highest BCUT2D eigenvalue weighted by Crippen LogP contribution is 2.44. The number of aromatic nitrogens is 2. The van der Waals surface area contributed by atoms with Crippen LogP contribution in [0.4, 0.5) is 18.0 Å². The van der Waals surface area contributed by atoms with E-state index in [4.69, 9.17) is 4.74 Å². The highest BCUT2D eigenvalue weighted by Gasteiger charge is 2.48. The summed E-state index contributed by atoms with van der Waals surface area (Å²) in [6.45, 7) is 6.74. The van der Waals surface area contributed by atoms with Crippen molar-refractivity contribution in [2.45, 2.75) is 56.7 Å². The summed E-state index contributed by atoms with van der Waals surface area (Å²) in [5.41, 5.74) is -5.28. The molecule has 1 aromatic rings. The molecule has 26 heavy (non-hydrogen) atoms. The predicted octanol–water partition coefficient (Wildman–Crippen LogP) is 2.73. The van der Waals surface area contributed by atoms with Gasteiger partial charge in [-0.3, -0.25) is 4.68 Å². The van der Waals surface area contributed by atoms with Gasteiger partial charge < -0.3 is 13.8 Å². The Labute approximate surface area is 151 Å². The fourth-order valence-electron chi connectivity index (χ4n) is 3.37. The largest absolute Gasteiger partial charge is 0.508 e. The van der Waals surface area contributed by atoms with Crippen LogP contribution in [0.25, 0.3) is 0 Å². The van der Waals surface area contributed by atoms with Crippen molar-refractivity contribution in [3.05, 3.63) is 11.8 Å². The van der Waals surface area contributed by atoms with E-state index in [0.717, 1.165) is 6.42 Å². The van der Waals surface area contributed by atoms with Crippen molar-refractivity contribution < 1.29 is 31.1 Å². The first-order valence-electron chi connectivity index (χ1n) is 8.13. The van der Waals surface area contributed by atoms with E-state index >= 15 is 0 Å². The molecule has 3 heterocycles. The Morgan fingerprint density at radius 3 is 2.54 bits per heavy atom. The molecule has 7 nitrogen and oxygen atoms in total. The normalized spacial score (nSPS) is 24.0. The van der Waals surface area contributed by atoms with Crippen molar-refractivity contribution in [2.24, 2.45) is 0 Å².